The number of hydrogen-bond donors (Lipinski definition) is 3. The highest BCUT2D eigenvalue weighted by Crippen LogP contribution is 2.23. The fourth-order valence-electron chi connectivity index (χ4n) is 4.09. The van der Waals surface area contributed by atoms with Gasteiger partial charge in [0, 0.05) is 51.2 Å². The molecule has 25 heavy (non-hydrogen) atoms. The molecule has 0 bridgehead atoms. The van der Waals surface area contributed by atoms with E-state index in [1.54, 1.807) is 0 Å². The number of benzene rings is 2. The molecule has 0 aliphatic carbocycles. The van der Waals surface area contributed by atoms with Crippen LogP contribution in [0.5, 0.6) is 0 Å². The number of H-pyrrole nitrogens is 2. The van der Waals surface area contributed by atoms with Crippen LogP contribution in [0, 0.1) is 0 Å². The Balaban J connectivity index is 1.41. The van der Waals surface area contributed by atoms with Gasteiger partial charge in [-0.25, -0.2) is 0 Å². The predicted molar refractivity (Wildman–Crippen MR) is 99.0 cm³/mol. The number of para-hydroxylation sites is 2. The van der Waals surface area contributed by atoms with Gasteiger partial charge in [-0.3, -0.25) is 4.79 Å². The summed E-state index contributed by atoms with van der Waals surface area (Å²) >= 11 is 0. The summed E-state index contributed by atoms with van der Waals surface area (Å²) in [4.78, 5) is 20.9. The number of aromatic amines is 2. The number of quaternary nitrogens is 1. The van der Waals surface area contributed by atoms with Crippen LogP contribution >= 0.6 is 0 Å². The largest absolute Gasteiger partial charge is 0.360 e. The topological polar surface area (TPSA) is 53.1 Å². The first kappa shape index (κ1) is 14.5. The van der Waals surface area contributed by atoms with Crippen molar-refractivity contribution in [2.45, 2.75) is 13.0 Å². The molecule has 4 aromatic rings. The van der Waals surface area contributed by atoms with Crippen molar-refractivity contribution in [3.63, 3.8) is 0 Å². The number of fused-ring (bicyclic) bond motifs is 4. The molecule has 2 aromatic heterocycles. The number of aromatic nitrogens is 2. The molecule has 5 rings (SSSR count). The molecular weight excluding hydrogens is 310 g/mol. The van der Waals surface area contributed by atoms with E-state index in [-0.39, 0.29) is 5.78 Å². The highest BCUT2D eigenvalue weighted by Gasteiger charge is 2.26. The third-order valence-electron chi connectivity index (χ3n) is 5.36. The number of ketones is 1. The van der Waals surface area contributed by atoms with Crippen molar-refractivity contribution in [2.75, 3.05) is 13.1 Å². The smallest absolute Gasteiger partial charge is 0.219 e. The number of rotatable bonds is 3. The molecule has 1 aliphatic heterocycles. The van der Waals surface area contributed by atoms with Gasteiger partial charge in [0.15, 0.2) is 0 Å². The van der Waals surface area contributed by atoms with Crippen LogP contribution < -0.4 is 4.90 Å². The first-order chi connectivity index (χ1) is 12.3. The molecule has 4 heteroatoms. The van der Waals surface area contributed by atoms with E-state index in [9.17, 15) is 4.79 Å². The van der Waals surface area contributed by atoms with Crippen LogP contribution in [0.4, 0.5) is 0 Å². The highest BCUT2D eigenvalue weighted by molar-refractivity contribution is 6.08. The van der Waals surface area contributed by atoms with Crippen molar-refractivity contribution < 1.29 is 9.69 Å². The van der Waals surface area contributed by atoms with Gasteiger partial charge in [0.25, 0.3) is 0 Å². The number of carbonyl (C=O) groups excluding carboxylic acids is 1. The molecule has 3 N–H and O–H groups in total. The Morgan fingerprint density at radius 3 is 2.64 bits per heavy atom. The summed E-state index contributed by atoms with van der Waals surface area (Å²) in [6.45, 7) is 2.45. The lowest BCUT2D eigenvalue weighted by Crippen LogP contribution is -3.12. The average Bonchev–Trinajstić information content (AvgIpc) is 3.23. The Kier molecular flexibility index (Phi) is 3.25. The highest BCUT2D eigenvalue weighted by atomic mass is 16.1. The molecule has 1 atom stereocenters. The Labute approximate surface area is 145 Å². The number of nitrogens with one attached hydrogen (secondary N) is 3. The maximum absolute atomic E-state index is 12.9. The van der Waals surface area contributed by atoms with Gasteiger partial charge in [-0.2, -0.15) is 0 Å². The molecule has 3 heterocycles. The molecule has 0 amide bonds. The van der Waals surface area contributed by atoms with Gasteiger partial charge in [-0.1, -0.05) is 36.4 Å². The lowest BCUT2D eigenvalue weighted by Gasteiger charge is -2.23. The fourth-order valence-corrected chi connectivity index (χ4v) is 4.09. The fraction of sp³-hybridized carbons (Fsp3) is 0.190. The molecule has 2 aromatic carbocycles. The minimum Gasteiger partial charge on any atom is -0.360 e. The standard InChI is InChI=1S/C21H19N3O/c25-21(16-11-22-18-7-3-1-5-14(16)18)13-24-10-9-20-17(12-24)15-6-2-4-8-19(15)23-20/h1-8,11,22-23H,9-10,12-13H2/p+1. The van der Waals surface area contributed by atoms with Crippen LogP contribution in [-0.4, -0.2) is 28.8 Å². The Hall–Kier alpha value is -2.85. The molecule has 0 radical (unpaired) electrons. The van der Waals surface area contributed by atoms with Gasteiger partial charge in [0.2, 0.25) is 5.78 Å². The van der Waals surface area contributed by atoms with Crippen LogP contribution in [-0.2, 0) is 13.0 Å². The van der Waals surface area contributed by atoms with E-state index in [2.05, 4.69) is 34.2 Å². The first-order valence-corrected chi connectivity index (χ1v) is 8.81. The average molecular weight is 330 g/mol. The molecule has 0 saturated carbocycles. The SMILES string of the molecule is O=C(C[NH+]1CCc2[nH]c3ccccc3c2C1)c1c[nH]c2ccccc12. The van der Waals surface area contributed by atoms with Gasteiger partial charge in [-0.15, -0.1) is 0 Å². The third kappa shape index (κ3) is 2.37. The molecule has 1 unspecified atom stereocenters. The summed E-state index contributed by atoms with van der Waals surface area (Å²) in [6.07, 6.45) is 2.86. The van der Waals surface area contributed by atoms with E-state index in [0.29, 0.717) is 6.54 Å². The van der Waals surface area contributed by atoms with Crippen LogP contribution in [0.25, 0.3) is 21.8 Å². The van der Waals surface area contributed by atoms with Crippen LogP contribution in [0.15, 0.2) is 54.7 Å². The van der Waals surface area contributed by atoms with E-state index in [1.807, 2.05) is 30.5 Å². The van der Waals surface area contributed by atoms with Gasteiger partial charge in [0.1, 0.15) is 13.1 Å². The van der Waals surface area contributed by atoms with Crippen LogP contribution in [0.2, 0.25) is 0 Å². The van der Waals surface area contributed by atoms with Crippen molar-refractivity contribution in [2.24, 2.45) is 0 Å². The van der Waals surface area contributed by atoms with Gasteiger partial charge < -0.3 is 14.9 Å². The van der Waals surface area contributed by atoms with E-state index in [4.69, 9.17) is 0 Å². The Bertz CT molecular complexity index is 1090. The van der Waals surface area contributed by atoms with E-state index >= 15 is 0 Å². The zero-order valence-electron chi connectivity index (χ0n) is 13.9. The predicted octanol–water partition coefficient (Wildman–Crippen LogP) is 2.47. The molecule has 0 spiro atoms. The summed E-state index contributed by atoms with van der Waals surface area (Å²) in [5.41, 5.74) is 5.76. The zero-order chi connectivity index (χ0) is 16.8. The van der Waals surface area contributed by atoms with Crippen molar-refractivity contribution >= 4 is 27.6 Å². The second kappa shape index (κ2) is 5.60. The van der Waals surface area contributed by atoms with Crippen LogP contribution in [0.1, 0.15) is 21.6 Å². The molecule has 0 saturated heterocycles. The second-order valence-corrected chi connectivity index (χ2v) is 6.90. The molecular formula is C21H20N3O+. The van der Waals surface area contributed by atoms with Gasteiger partial charge in [-0.05, 0) is 12.1 Å². The first-order valence-electron chi connectivity index (χ1n) is 8.81. The van der Waals surface area contributed by atoms with Crippen molar-refractivity contribution in [3.05, 3.63) is 71.5 Å². The minimum atomic E-state index is 0.218. The van der Waals surface area contributed by atoms with Crippen LogP contribution in [0.3, 0.4) is 0 Å². The summed E-state index contributed by atoms with van der Waals surface area (Å²) < 4.78 is 0. The van der Waals surface area contributed by atoms with Gasteiger partial charge in [0.05, 0.1) is 6.54 Å². The molecule has 4 nitrogen and oxygen atoms in total. The lowest BCUT2D eigenvalue weighted by atomic mass is 10.0. The minimum absolute atomic E-state index is 0.218. The maximum Gasteiger partial charge on any atom is 0.219 e. The van der Waals surface area contributed by atoms with Crippen molar-refractivity contribution in [1.82, 2.24) is 9.97 Å². The molecule has 124 valence electrons. The number of carbonyl (C=O) groups is 1. The Morgan fingerprint density at radius 1 is 1.00 bits per heavy atom. The quantitative estimate of drug-likeness (QED) is 0.497. The van der Waals surface area contributed by atoms with Crippen molar-refractivity contribution in [1.29, 1.82) is 0 Å². The Morgan fingerprint density at radius 2 is 1.76 bits per heavy atom. The number of Topliss-reactive ketones (excluding diaryl/α,β-unsaturated/α-hetero) is 1. The lowest BCUT2D eigenvalue weighted by molar-refractivity contribution is -0.907. The molecule has 1 aliphatic rings. The normalized spacial score (nSPS) is 17.0. The maximum atomic E-state index is 12.9. The number of hydrogen-bond acceptors (Lipinski definition) is 1. The van der Waals surface area contributed by atoms with E-state index in [0.717, 1.165) is 36.0 Å². The zero-order valence-corrected chi connectivity index (χ0v) is 13.9. The third-order valence-corrected chi connectivity index (χ3v) is 5.36. The van der Waals surface area contributed by atoms with Gasteiger partial charge >= 0.3 is 0 Å². The second-order valence-electron chi connectivity index (χ2n) is 6.90. The monoisotopic (exact) mass is 330 g/mol. The summed E-state index contributed by atoms with van der Waals surface area (Å²) in [5, 5.41) is 2.32. The summed E-state index contributed by atoms with van der Waals surface area (Å²) in [7, 11) is 0. The summed E-state index contributed by atoms with van der Waals surface area (Å²) in [6, 6.07) is 16.5. The van der Waals surface area contributed by atoms with E-state index in [1.165, 1.54) is 27.1 Å². The van der Waals surface area contributed by atoms with Crippen molar-refractivity contribution in [3.8, 4) is 0 Å². The van der Waals surface area contributed by atoms with E-state index < -0.39 is 0 Å². The summed E-state index contributed by atoms with van der Waals surface area (Å²) in [5.74, 6) is 0.218. The molecule has 0 fully saturated rings.